The van der Waals surface area contributed by atoms with Gasteiger partial charge in [-0.25, -0.2) is 4.79 Å². The van der Waals surface area contributed by atoms with Gasteiger partial charge in [-0.2, -0.15) is 0 Å². The van der Waals surface area contributed by atoms with Gasteiger partial charge < -0.3 is 38.3 Å². The summed E-state index contributed by atoms with van der Waals surface area (Å²) in [4.78, 5) is 55.6. The molecule has 0 heterocycles. The Morgan fingerprint density at radius 2 is 1.24 bits per heavy atom. The molecule has 4 unspecified atom stereocenters. The van der Waals surface area contributed by atoms with E-state index in [2.05, 4.69) is 20.9 Å². The standard InChI is InChI=1S/C30H43N7O5/c1-19(2)16-23(35-26(38)22(31)14-9-15-34-30(32)33)27(39)36-24(17-20-10-5-3-6-11-20)28(40)37-25(29(41)42)18-21-12-7-4-8-13-21/h3-8,10-13,19,22-25H,9,14-18,31H2,1-2H3,(H,35,38)(H,36,39)(H,37,40)(H,41,42)(H4,32,33,34). The average Bonchev–Trinajstić information content (AvgIpc) is 2.94. The monoisotopic (exact) mass is 581 g/mol. The highest BCUT2D eigenvalue weighted by Gasteiger charge is 2.31. The fourth-order valence-electron chi connectivity index (χ4n) is 4.29. The molecule has 0 bridgehead atoms. The fourth-order valence-corrected chi connectivity index (χ4v) is 4.29. The molecular weight excluding hydrogens is 538 g/mol. The van der Waals surface area contributed by atoms with Crippen molar-refractivity contribution in [3.8, 4) is 0 Å². The molecule has 42 heavy (non-hydrogen) atoms. The molecule has 0 spiro atoms. The highest BCUT2D eigenvalue weighted by Crippen LogP contribution is 2.10. The maximum Gasteiger partial charge on any atom is 0.326 e. The van der Waals surface area contributed by atoms with Crippen LogP contribution >= 0.6 is 0 Å². The van der Waals surface area contributed by atoms with E-state index in [9.17, 15) is 24.3 Å². The molecule has 0 saturated carbocycles. The molecule has 228 valence electrons. The molecular formula is C30H43N7O5. The van der Waals surface area contributed by atoms with Crippen molar-refractivity contribution in [2.24, 2.45) is 28.1 Å². The van der Waals surface area contributed by atoms with Crippen molar-refractivity contribution in [3.63, 3.8) is 0 Å². The molecule has 2 aromatic rings. The van der Waals surface area contributed by atoms with E-state index >= 15 is 0 Å². The number of nitrogens with two attached hydrogens (primary N) is 3. The van der Waals surface area contributed by atoms with Gasteiger partial charge in [0.2, 0.25) is 17.7 Å². The maximum absolute atomic E-state index is 13.5. The molecule has 0 aliphatic heterocycles. The van der Waals surface area contributed by atoms with Crippen LogP contribution in [0.15, 0.2) is 65.7 Å². The fraction of sp³-hybridized carbons (Fsp3) is 0.433. The Bertz CT molecular complexity index is 1190. The van der Waals surface area contributed by atoms with Gasteiger partial charge in [0, 0.05) is 19.4 Å². The number of hydrogen-bond donors (Lipinski definition) is 7. The predicted octanol–water partition coefficient (Wildman–Crippen LogP) is 0.438. The molecule has 0 aliphatic rings. The molecule has 4 atom stereocenters. The molecule has 0 aromatic heterocycles. The first-order valence-electron chi connectivity index (χ1n) is 14.0. The van der Waals surface area contributed by atoms with E-state index in [0.717, 1.165) is 11.1 Å². The number of nitrogens with one attached hydrogen (secondary N) is 3. The van der Waals surface area contributed by atoms with Crippen LogP contribution in [-0.4, -0.2) is 65.5 Å². The Balaban J connectivity index is 2.18. The van der Waals surface area contributed by atoms with Crippen LogP contribution in [0.4, 0.5) is 0 Å². The lowest BCUT2D eigenvalue weighted by atomic mass is 10.00. The molecule has 0 aliphatic carbocycles. The minimum Gasteiger partial charge on any atom is -0.480 e. The van der Waals surface area contributed by atoms with E-state index in [-0.39, 0.29) is 24.7 Å². The smallest absolute Gasteiger partial charge is 0.326 e. The Kier molecular flexibility index (Phi) is 14.0. The molecule has 2 rings (SSSR count). The quantitative estimate of drug-likeness (QED) is 0.0788. The van der Waals surface area contributed by atoms with Gasteiger partial charge in [0.25, 0.3) is 0 Å². The average molecular weight is 582 g/mol. The third-order valence-corrected chi connectivity index (χ3v) is 6.46. The number of hydrogen-bond acceptors (Lipinski definition) is 6. The zero-order valence-electron chi connectivity index (χ0n) is 24.2. The Morgan fingerprint density at radius 3 is 1.74 bits per heavy atom. The third kappa shape index (κ3) is 12.4. The van der Waals surface area contributed by atoms with Crippen molar-refractivity contribution in [1.82, 2.24) is 16.0 Å². The number of rotatable bonds is 17. The largest absolute Gasteiger partial charge is 0.480 e. The normalized spacial score (nSPS) is 13.7. The summed E-state index contributed by atoms with van der Waals surface area (Å²) in [5.41, 5.74) is 18.2. The van der Waals surface area contributed by atoms with E-state index in [1.165, 1.54) is 0 Å². The molecule has 12 heteroatoms. The van der Waals surface area contributed by atoms with E-state index in [0.29, 0.717) is 25.8 Å². The van der Waals surface area contributed by atoms with Crippen LogP contribution in [0, 0.1) is 5.92 Å². The summed E-state index contributed by atoms with van der Waals surface area (Å²) < 4.78 is 0. The Hall–Kier alpha value is -4.45. The minimum atomic E-state index is -1.21. The summed E-state index contributed by atoms with van der Waals surface area (Å²) in [5, 5.41) is 17.8. The molecule has 0 fully saturated rings. The Morgan fingerprint density at radius 1 is 0.762 bits per heavy atom. The molecule has 0 radical (unpaired) electrons. The molecule has 0 saturated heterocycles. The van der Waals surface area contributed by atoms with Gasteiger partial charge in [0.1, 0.15) is 18.1 Å². The van der Waals surface area contributed by atoms with Crippen molar-refractivity contribution < 1.29 is 24.3 Å². The lowest BCUT2D eigenvalue weighted by molar-refractivity contribution is -0.142. The Labute approximate surface area is 246 Å². The summed E-state index contributed by atoms with van der Waals surface area (Å²) in [5.74, 6) is -2.96. The van der Waals surface area contributed by atoms with Gasteiger partial charge in [0.05, 0.1) is 6.04 Å². The number of carboxylic acids is 1. The van der Waals surface area contributed by atoms with Crippen LogP contribution in [0.3, 0.4) is 0 Å². The van der Waals surface area contributed by atoms with E-state index in [4.69, 9.17) is 17.2 Å². The van der Waals surface area contributed by atoms with Gasteiger partial charge in [0.15, 0.2) is 5.96 Å². The highest BCUT2D eigenvalue weighted by molar-refractivity contribution is 5.94. The molecule has 10 N–H and O–H groups in total. The van der Waals surface area contributed by atoms with Gasteiger partial charge in [-0.3, -0.25) is 19.4 Å². The number of amides is 3. The first kappa shape index (κ1) is 33.8. The number of aliphatic imine (C=N–C) groups is 1. The van der Waals surface area contributed by atoms with Crippen molar-refractivity contribution in [2.75, 3.05) is 6.54 Å². The summed E-state index contributed by atoms with van der Waals surface area (Å²) in [6, 6.07) is 13.8. The van der Waals surface area contributed by atoms with E-state index < -0.39 is 47.9 Å². The van der Waals surface area contributed by atoms with Crippen molar-refractivity contribution in [3.05, 3.63) is 71.8 Å². The van der Waals surface area contributed by atoms with Gasteiger partial charge in [-0.15, -0.1) is 0 Å². The van der Waals surface area contributed by atoms with Crippen molar-refractivity contribution in [2.45, 2.75) is 70.1 Å². The summed E-state index contributed by atoms with van der Waals surface area (Å²) in [6.07, 6.45) is 1.25. The van der Waals surface area contributed by atoms with Crippen LogP contribution in [0.1, 0.15) is 44.2 Å². The second-order valence-corrected chi connectivity index (χ2v) is 10.6. The summed E-state index contributed by atoms with van der Waals surface area (Å²) in [7, 11) is 0. The van der Waals surface area contributed by atoms with Crippen LogP contribution in [0.25, 0.3) is 0 Å². The third-order valence-electron chi connectivity index (χ3n) is 6.46. The molecule has 3 amide bonds. The number of carboxylic acid groups (broad SMARTS) is 1. The van der Waals surface area contributed by atoms with Crippen LogP contribution in [-0.2, 0) is 32.0 Å². The predicted molar refractivity (Wildman–Crippen MR) is 161 cm³/mol. The summed E-state index contributed by atoms with van der Waals surface area (Å²) >= 11 is 0. The highest BCUT2D eigenvalue weighted by atomic mass is 16.4. The second kappa shape index (κ2) is 17.4. The lowest BCUT2D eigenvalue weighted by Crippen LogP contribution is -2.58. The number of carbonyl (C=O) groups is 4. The topological polar surface area (TPSA) is 215 Å². The second-order valence-electron chi connectivity index (χ2n) is 10.6. The number of benzene rings is 2. The lowest BCUT2D eigenvalue weighted by Gasteiger charge is -2.26. The molecule has 12 nitrogen and oxygen atoms in total. The van der Waals surface area contributed by atoms with E-state index in [1.54, 1.807) is 48.5 Å². The number of guanidine groups is 1. The van der Waals surface area contributed by atoms with Crippen molar-refractivity contribution in [1.29, 1.82) is 0 Å². The number of nitrogens with zero attached hydrogens (tertiary/aromatic N) is 1. The molecule has 2 aromatic carbocycles. The van der Waals surface area contributed by atoms with E-state index in [1.807, 2.05) is 26.0 Å². The van der Waals surface area contributed by atoms with Gasteiger partial charge in [-0.1, -0.05) is 74.5 Å². The van der Waals surface area contributed by atoms with Crippen LogP contribution in [0.5, 0.6) is 0 Å². The summed E-state index contributed by atoms with van der Waals surface area (Å²) in [6.45, 7) is 4.12. The van der Waals surface area contributed by atoms with Gasteiger partial charge in [-0.05, 0) is 36.3 Å². The van der Waals surface area contributed by atoms with Crippen molar-refractivity contribution >= 4 is 29.7 Å². The minimum absolute atomic E-state index is 0.0304. The maximum atomic E-state index is 13.5. The first-order chi connectivity index (χ1) is 20.0. The number of aliphatic carboxylic acids is 1. The van der Waals surface area contributed by atoms with Gasteiger partial charge >= 0.3 is 5.97 Å². The number of carbonyl (C=O) groups excluding carboxylic acids is 3. The zero-order chi connectivity index (χ0) is 31.1. The SMILES string of the molecule is CC(C)CC(NC(=O)C(N)CCCN=C(N)N)C(=O)NC(Cc1ccccc1)C(=O)NC(Cc1ccccc1)C(=O)O. The van der Waals surface area contributed by atoms with Crippen LogP contribution in [0.2, 0.25) is 0 Å². The zero-order valence-corrected chi connectivity index (χ0v) is 24.2. The van der Waals surface area contributed by atoms with Crippen LogP contribution < -0.4 is 33.2 Å². The first-order valence-corrected chi connectivity index (χ1v) is 14.0.